The average molecular weight is 294 g/mol. The molecule has 0 aliphatic carbocycles. The van der Waals surface area contributed by atoms with Crippen LogP contribution in [0.3, 0.4) is 0 Å². The first kappa shape index (κ1) is 14.4. The van der Waals surface area contributed by atoms with E-state index in [4.69, 9.17) is 16.9 Å². The molecule has 1 aliphatic rings. The van der Waals surface area contributed by atoms with E-state index < -0.39 is 0 Å². The number of anilines is 1. The van der Waals surface area contributed by atoms with Crippen LogP contribution in [0, 0.1) is 11.3 Å². The molecule has 0 fully saturated rings. The molecule has 0 unspecified atom stereocenters. The van der Waals surface area contributed by atoms with Crippen molar-refractivity contribution >= 4 is 23.3 Å². The van der Waals surface area contributed by atoms with E-state index in [1.807, 2.05) is 6.92 Å². The van der Waals surface area contributed by atoms with Crippen molar-refractivity contribution in [1.29, 1.82) is 5.26 Å². The Morgan fingerprint density at radius 3 is 3.00 bits per heavy atom. The zero-order valence-electron chi connectivity index (χ0n) is 11.3. The van der Waals surface area contributed by atoms with Crippen molar-refractivity contribution in [3.63, 3.8) is 0 Å². The Morgan fingerprint density at radius 2 is 2.35 bits per heavy atom. The quantitative estimate of drug-likeness (QED) is 0.808. The minimum atomic E-state index is -0.00346. The summed E-state index contributed by atoms with van der Waals surface area (Å²) in [6.45, 7) is 3.80. The highest BCUT2D eigenvalue weighted by atomic mass is 35.5. The summed E-state index contributed by atoms with van der Waals surface area (Å²) in [6, 6.07) is 2.08. The van der Waals surface area contributed by atoms with Gasteiger partial charge in [0.05, 0.1) is 19.3 Å². The van der Waals surface area contributed by atoms with Crippen LogP contribution in [0.1, 0.15) is 18.9 Å². The number of nitriles is 1. The maximum Gasteiger partial charge on any atom is 0.248 e. The van der Waals surface area contributed by atoms with Crippen LogP contribution in [-0.4, -0.2) is 39.6 Å². The molecule has 1 N–H and O–H groups in total. The predicted octanol–water partition coefficient (Wildman–Crippen LogP) is 1.54. The van der Waals surface area contributed by atoms with Gasteiger partial charge in [-0.15, -0.1) is 11.6 Å². The summed E-state index contributed by atoms with van der Waals surface area (Å²) in [6.07, 6.45) is 3.98. The minimum absolute atomic E-state index is 0.00346. The summed E-state index contributed by atoms with van der Waals surface area (Å²) in [4.78, 5) is 13.5. The minimum Gasteiger partial charge on any atom is -0.341 e. The van der Waals surface area contributed by atoms with Gasteiger partial charge >= 0.3 is 0 Å². The van der Waals surface area contributed by atoms with Crippen molar-refractivity contribution in [2.75, 3.05) is 24.3 Å². The van der Waals surface area contributed by atoms with Crippen molar-refractivity contribution in [3.05, 3.63) is 23.5 Å². The van der Waals surface area contributed by atoms with Gasteiger partial charge in [-0.25, -0.2) is 4.68 Å². The molecule has 0 saturated carbocycles. The van der Waals surface area contributed by atoms with Crippen molar-refractivity contribution in [1.82, 2.24) is 14.7 Å². The summed E-state index contributed by atoms with van der Waals surface area (Å²) in [5.41, 5.74) is 1.22. The Labute approximate surface area is 122 Å². The molecule has 106 valence electrons. The van der Waals surface area contributed by atoms with E-state index in [9.17, 15) is 4.79 Å². The van der Waals surface area contributed by atoms with E-state index >= 15 is 0 Å². The van der Waals surface area contributed by atoms with Crippen molar-refractivity contribution in [2.45, 2.75) is 19.9 Å². The number of nitrogens with one attached hydrogen (secondary N) is 1. The second kappa shape index (κ2) is 6.44. The molecule has 1 aliphatic heterocycles. The van der Waals surface area contributed by atoms with Crippen LogP contribution in [0.2, 0.25) is 0 Å². The molecular formula is C13H16ClN5O. The lowest BCUT2D eigenvalue weighted by Gasteiger charge is -2.16. The maximum absolute atomic E-state index is 11.8. The summed E-state index contributed by atoms with van der Waals surface area (Å²) in [5, 5.41) is 16.3. The molecule has 6 nitrogen and oxygen atoms in total. The fourth-order valence-corrected chi connectivity index (χ4v) is 2.27. The number of nitrogens with zero attached hydrogens (tertiary/aromatic N) is 4. The zero-order valence-corrected chi connectivity index (χ0v) is 12.0. The number of halogens is 1. The first-order chi connectivity index (χ1) is 9.69. The van der Waals surface area contributed by atoms with Gasteiger partial charge in [-0.1, -0.05) is 6.92 Å². The van der Waals surface area contributed by atoms with E-state index in [-0.39, 0.29) is 5.91 Å². The zero-order chi connectivity index (χ0) is 14.5. The monoisotopic (exact) mass is 293 g/mol. The number of alkyl halides is 1. The van der Waals surface area contributed by atoms with E-state index in [0.717, 1.165) is 18.7 Å². The number of hydrogen-bond donors (Lipinski definition) is 1. The van der Waals surface area contributed by atoms with Gasteiger partial charge in [-0.2, -0.15) is 10.4 Å². The second-order valence-electron chi connectivity index (χ2n) is 4.49. The van der Waals surface area contributed by atoms with Gasteiger partial charge in [0, 0.05) is 24.2 Å². The third kappa shape index (κ3) is 2.94. The second-order valence-corrected chi connectivity index (χ2v) is 4.86. The van der Waals surface area contributed by atoms with Gasteiger partial charge in [0.15, 0.2) is 0 Å². The fourth-order valence-electron chi connectivity index (χ4n) is 2.11. The van der Waals surface area contributed by atoms with Crippen LogP contribution >= 0.6 is 11.6 Å². The van der Waals surface area contributed by atoms with Crippen LogP contribution in [0.15, 0.2) is 18.0 Å². The highest BCUT2D eigenvalue weighted by molar-refractivity contribution is 6.17. The standard InChI is InChI=1S/C13H16ClN5O/c1-2-4-18-9-11(6-12(18)20)17-13-10(7-15)8-16-19(13)5-3-14/h6,8,17H,2-5,9H2,1H3. The van der Waals surface area contributed by atoms with Gasteiger partial charge in [-0.05, 0) is 6.42 Å². The maximum atomic E-state index is 11.8. The number of aromatic nitrogens is 2. The number of aryl methyl sites for hydroxylation is 1. The normalized spacial score (nSPS) is 14.3. The first-order valence-corrected chi connectivity index (χ1v) is 7.01. The van der Waals surface area contributed by atoms with Crippen LogP contribution in [-0.2, 0) is 11.3 Å². The van der Waals surface area contributed by atoms with E-state index in [1.165, 1.54) is 6.20 Å². The van der Waals surface area contributed by atoms with Gasteiger partial charge in [0.25, 0.3) is 0 Å². The Bertz CT molecular complexity index is 572. The van der Waals surface area contributed by atoms with Crippen molar-refractivity contribution in [2.24, 2.45) is 0 Å². The molecule has 0 radical (unpaired) electrons. The summed E-state index contributed by atoms with van der Waals surface area (Å²) in [5.74, 6) is 0.989. The first-order valence-electron chi connectivity index (χ1n) is 6.48. The molecule has 2 rings (SSSR count). The van der Waals surface area contributed by atoms with Gasteiger partial charge < -0.3 is 10.2 Å². The van der Waals surface area contributed by atoms with Crippen molar-refractivity contribution < 1.29 is 4.79 Å². The summed E-state index contributed by atoms with van der Waals surface area (Å²) in [7, 11) is 0. The summed E-state index contributed by atoms with van der Waals surface area (Å²) >= 11 is 5.72. The molecule has 0 spiro atoms. The van der Waals surface area contributed by atoms with Crippen molar-refractivity contribution in [3.8, 4) is 6.07 Å². The number of carbonyl (C=O) groups is 1. The highest BCUT2D eigenvalue weighted by Crippen LogP contribution is 2.19. The average Bonchev–Trinajstić information content (AvgIpc) is 2.96. The van der Waals surface area contributed by atoms with Gasteiger partial charge in [-0.3, -0.25) is 4.79 Å². The lowest BCUT2D eigenvalue weighted by Crippen LogP contribution is -2.27. The SMILES string of the molecule is CCCN1CC(Nc2c(C#N)cnn2CCCl)=CC1=O. The molecule has 0 saturated heterocycles. The van der Waals surface area contributed by atoms with Gasteiger partial charge in [0.2, 0.25) is 5.91 Å². The van der Waals surface area contributed by atoms with Crippen LogP contribution in [0.25, 0.3) is 0 Å². The Balaban J connectivity index is 2.15. The van der Waals surface area contributed by atoms with E-state index in [0.29, 0.717) is 30.4 Å². The lowest BCUT2D eigenvalue weighted by molar-refractivity contribution is -0.124. The molecule has 20 heavy (non-hydrogen) atoms. The molecule has 1 aromatic heterocycles. The highest BCUT2D eigenvalue weighted by Gasteiger charge is 2.22. The third-order valence-corrected chi connectivity index (χ3v) is 3.17. The Hall–Kier alpha value is -2.00. The largest absolute Gasteiger partial charge is 0.341 e. The fraction of sp³-hybridized carbons (Fsp3) is 0.462. The Kier molecular flexibility index (Phi) is 4.64. The number of hydrogen-bond acceptors (Lipinski definition) is 4. The number of carbonyl (C=O) groups excluding carboxylic acids is 1. The van der Waals surface area contributed by atoms with Crippen LogP contribution in [0.4, 0.5) is 5.82 Å². The van der Waals surface area contributed by atoms with Gasteiger partial charge in [0.1, 0.15) is 17.5 Å². The summed E-state index contributed by atoms with van der Waals surface area (Å²) < 4.78 is 1.64. The molecule has 1 aromatic rings. The smallest absolute Gasteiger partial charge is 0.248 e. The topological polar surface area (TPSA) is 74.0 Å². The molecular weight excluding hydrogens is 278 g/mol. The van der Waals surface area contributed by atoms with E-state index in [2.05, 4.69) is 16.5 Å². The Morgan fingerprint density at radius 1 is 1.55 bits per heavy atom. The molecule has 7 heteroatoms. The van der Waals surface area contributed by atoms with Crippen LogP contribution < -0.4 is 5.32 Å². The predicted molar refractivity (Wildman–Crippen MR) is 76.2 cm³/mol. The van der Waals surface area contributed by atoms with E-state index in [1.54, 1.807) is 15.7 Å². The molecule has 0 aromatic carbocycles. The molecule has 2 heterocycles. The lowest BCUT2D eigenvalue weighted by atomic mass is 10.3. The molecule has 0 atom stereocenters. The third-order valence-electron chi connectivity index (χ3n) is 3.00. The number of amides is 1. The van der Waals surface area contributed by atoms with Crippen LogP contribution in [0.5, 0.6) is 0 Å². The molecule has 0 bridgehead atoms. The number of rotatable bonds is 6. The molecule has 1 amide bonds.